The molecule has 4 aromatic rings. The van der Waals surface area contributed by atoms with Crippen molar-refractivity contribution in [3.05, 3.63) is 90.5 Å². The summed E-state index contributed by atoms with van der Waals surface area (Å²) in [5.74, 6) is -0.916. The summed E-state index contributed by atoms with van der Waals surface area (Å²) in [5, 5.41) is 11.4. The van der Waals surface area contributed by atoms with Gasteiger partial charge in [0.2, 0.25) is 0 Å². The van der Waals surface area contributed by atoms with Crippen LogP contribution in [0.5, 0.6) is 0 Å². The Morgan fingerprint density at radius 2 is 1.33 bits per heavy atom. The van der Waals surface area contributed by atoms with E-state index in [4.69, 9.17) is 5.11 Å². The first kappa shape index (κ1) is 16.0. The second-order valence-electron chi connectivity index (χ2n) is 5.19. The van der Waals surface area contributed by atoms with Crippen molar-refractivity contribution in [1.82, 2.24) is 0 Å². The van der Waals surface area contributed by atoms with Gasteiger partial charge in [0, 0.05) is 20.2 Å². The molecule has 0 unspecified atom stereocenters. The molecule has 3 aromatic carbocycles. The molecule has 0 radical (unpaired) electrons. The molecule has 0 saturated heterocycles. The van der Waals surface area contributed by atoms with Gasteiger partial charge >= 0.3 is 5.97 Å². The monoisotopic (exact) mass is 332 g/mol. The second kappa shape index (κ2) is 7.11. The molecule has 1 N–H and O–H groups in total. The van der Waals surface area contributed by atoms with Crippen LogP contribution < -0.4 is 0 Å². The molecule has 0 spiro atoms. The third-order valence-corrected chi connectivity index (χ3v) is 4.85. The SMILES string of the molecule is C=Cc1ccccc1C(=O)O.c1ccc2c(c1)sc1ccccc12. The van der Waals surface area contributed by atoms with Gasteiger partial charge in [-0.2, -0.15) is 0 Å². The van der Waals surface area contributed by atoms with Crippen molar-refractivity contribution in [2.45, 2.75) is 0 Å². The van der Waals surface area contributed by atoms with Gasteiger partial charge in [0.25, 0.3) is 0 Å². The van der Waals surface area contributed by atoms with Gasteiger partial charge in [-0.15, -0.1) is 11.3 Å². The van der Waals surface area contributed by atoms with Crippen LogP contribution in [0.4, 0.5) is 0 Å². The topological polar surface area (TPSA) is 37.3 Å². The number of aromatic carboxylic acids is 1. The van der Waals surface area contributed by atoms with E-state index in [1.807, 2.05) is 11.3 Å². The molecule has 3 heteroatoms. The Labute approximate surface area is 144 Å². The number of hydrogen-bond donors (Lipinski definition) is 1. The zero-order valence-electron chi connectivity index (χ0n) is 13.0. The predicted octanol–water partition coefficient (Wildman–Crippen LogP) is 6.08. The Kier molecular flexibility index (Phi) is 4.73. The molecule has 4 rings (SSSR count). The summed E-state index contributed by atoms with van der Waals surface area (Å²) >= 11 is 1.86. The largest absolute Gasteiger partial charge is 0.478 e. The highest BCUT2D eigenvalue weighted by Gasteiger charge is 2.04. The zero-order chi connectivity index (χ0) is 16.9. The van der Waals surface area contributed by atoms with E-state index in [9.17, 15) is 4.79 Å². The van der Waals surface area contributed by atoms with E-state index in [0.717, 1.165) is 0 Å². The minimum atomic E-state index is -0.916. The van der Waals surface area contributed by atoms with Gasteiger partial charge in [-0.1, -0.05) is 67.3 Å². The van der Waals surface area contributed by atoms with Gasteiger partial charge in [0.15, 0.2) is 0 Å². The second-order valence-corrected chi connectivity index (χ2v) is 6.27. The molecule has 0 aliphatic heterocycles. The Morgan fingerprint density at radius 1 is 0.833 bits per heavy atom. The first-order valence-corrected chi connectivity index (χ1v) is 8.33. The molecule has 118 valence electrons. The van der Waals surface area contributed by atoms with Crippen LogP contribution in [0.15, 0.2) is 79.4 Å². The van der Waals surface area contributed by atoms with Gasteiger partial charge < -0.3 is 5.11 Å². The molecule has 1 aromatic heterocycles. The minimum absolute atomic E-state index is 0.294. The van der Waals surface area contributed by atoms with E-state index in [2.05, 4.69) is 55.1 Å². The van der Waals surface area contributed by atoms with Crippen LogP contribution in [0, 0.1) is 0 Å². The van der Waals surface area contributed by atoms with Crippen molar-refractivity contribution >= 4 is 43.6 Å². The highest BCUT2D eigenvalue weighted by molar-refractivity contribution is 7.25. The summed E-state index contributed by atoms with van der Waals surface area (Å²) in [7, 11) is 0. The number of benzene rings is 3. The zero-order valence-corrected chi connectivity index (χ0v) is 13.8. The maximum atomic E-state index is 10.5. The molecular weight excluding hydrogens is 316 g/mol. The fourth-order valence-electron chi connectivity index (χ4n) is 2.54. The summed E-state index contributed by atoms with van der Waals surface area (Å²) in [4.78, 5) is 10.5. The van der Waals surface area contributed by atoms with Gasteiger partial charge in [-0.25, -0.2) is 4.79 Å². The first-order chi connectivity index (χ1) is 11.7. The van der Waals surface area contributed by atoms with Crippen molar-refractivity contribution in [2.24, 2.45) is 0 Å². The van der Waals surface area contributed by atoms with Crippen LogP contribution in [0.2, 0.25) is 0 Å². The highest BCUT2D eigenvalue weighted by Crippen LogP contribution is 2.32. The van der Waals surface area contributed by atoms with E-state index < -0.39 is 5.97 Å². The maximum Gasteiger partial charge on any atom is 0.336 e. The minimum Gasteiger partial charge on any atom is -0.478 e. The predicted molar refractivity (Wildman–Crippen MR) is 103 cm³/mol. The van der Waals surface area contributed by atoms with Crippen molar-refractivity contribution < 1.29 is 9.90 Å². The van der Waals surface area contributed by atoms with Gasteiger partial charge in [0.05, 0.1) is 5.56 Å². The third kappa shape index (κ3) is 3.21. The van der Waals surface area contributed by atoms with Gasteiger partial charge in [0.1, 0.15) is 0 Å². The van der Waals surface area contributed by atoms with Crippen LogP contribution in [0.3, 0.4) is 0 Å². The molecule has 2 nitrogen and oxygen atoms in total. The van der Waals surface area contributed by atoms with Gasteiger partial charge in [-0.3, -0.25) is 0 Å². The van der Waals surface area contributed by atoms with Crippen molar-refractivity contribution in [1.29, 1.82) is 0 Å². The lowest BCUT2D eigenvalue weighted by molar-refractivity contribution is 0.0696. The Bertz CT molecular complexity index is 964. The number of hydrogen-bond acceptors (Lipinski definition) is 2. The number of rotatable bonds is 2. The molecule has 0 aliphatic rings. The summed E-state index contributed by atoms with van der Waals surface area (Å²) in [6, 6.07) is 23.9. The molecule has 0 bridgehead atoms. The molecule has 1 heterocycles. The smallest absolute Gasteiger partial charge is 0.336 e. The van der Waals surface area contributed by atoms with E-state index in [1.165, 1.54) is 26.2 Å². The van der Waals surface area contributed by atoms with E-state index in [-0.39, 0.29) is 0 Å². The third-order valence-electron chi connectivity index (χ3n) is 3.70. The number of thiophene rings is 1. The molecule has 0 aliphatic carbocycles. The van der Waals surface area contributed by atoms with Crippen LogP contribution in [0.1, 0.15) is 15.9 Å². The Hall–Kier alpha value is -2.91. The average Bonchev–Trinajstić information content (AvgIpc) is 3.01. The standard InChI is InChI=1S/C12H8S.C9H8O2/c1-3-7-11-9(5-1)10-6-2-4-8-12(10)13-11;1-2-7-5-3-4-6-8(7)9(10)11/h1-8H;2-6H,1H2,(H,10,11). The summed E-state index contributed by atoms with van der Waals surface area (Å²) in [6.45, 7) is 3.51. The lowest BCUT2D eigenvalue weighted by Crippen LogP contribution is -1.98. The van der Waals surface area contributed by atoms with Crippen molar-refractivity contribution in [3.63, 3.8) is 0 Å². The first-order valence-electron chi connectivity index (χ1n) is 7.51. The van der Waals surface area contributed by atoms with Crippen LogP contribution in [-0.2, 0) is 0 Å². The molecule has 24 heavy (non-hydrogen) atoms. The molecule has 0 fully saturated rings. The molecule has 0 saturated carbocycles. The maximum absolute atomic E-state index is 10.5. The van der Waals surface area contributed by atoms with Gasteiger partial charge in [-0.05, 0) is 23.8 Å². The van der Waals surface area contributed by atoms with E-state index in [0.29, 0.717) is 11.1 Å². The lowest BCUT2D eigenvalue weighted by atomic mass is 10.1. The summed E-state index contributed by atoms with van der Waals surface area (Å²) in [6.07, 6.45) is 1.53. The van der Waals surface area contributed by atoms with Crippen molar-refractivity contribution in [3.8, 4) is 0 Å². The van der Waals surface area contributed by atoms with Crippen LogP contribution in [-0.4, -0.2) is 11.1 Å². The number of carboxylic acids is 1. The summed E-state index contributed by atoms with van der Waals surface area (Å²) in [5.41, 5.74) is 0.947. The molecular formula is C21H16O2S. The van der Waals surface area contributed by atoms with Crippen molar-refractivity contribution in [2.75, 3.05) is 0 Å². The molecule has 0 atom stereocenters. The average molecular weight is 332 g/mol. The molecule has 0 amide bonds. The van der Waals surface area contributed by atoms with E-state index in [1.54, 1.807) is 24.3 Å². The highest BCUT2D eigenvalue weighted by atomic mass is 32.1. The van der Waals surface area contributed by atoms with E-state index >= 15 is 0 Å². The van der Waals surface area contributed by atoms with Crippen LogP contribution in [0.25, 0.3) is 26.2 Å². The number of carbonyl (C=O) groups is 1. The Balaban J connectivity index is 0.000000144. The number of fused-ring (bicyclic) bond motifs is 3. The Morgan fingerprint density at radius 3 is 1.83 bits per heavy atom. The normalized spacial score (nSPS) is 10.2. The quantitative estimate of drug-likeness (QED) is 0.483. The van der Waals surface area contributed by atoms with Crippen LogP contribution >= 0.6 is 11.3 Å². The fraction of sp³-hybridized carbons (Fsp3) is 0. The lowest BCUT2D eigenvalue weighted by Gasteiger charge is -1.97. The summed E-state index contributed by atoms with van der Waals surface area (Å²) < 4.78 is 2.76. The fourth-order valence-corrected chi connectivity index (χ4v) is 3.65. The number of carboxylic acid groups (broad SMARTS) is 1.